The van der Waals surface area contributed by atoms with Gasteiger partial charge in [-0.05, 0) is 40.7 Å². The van der Waals surface area contributed by atoms with Crippen LogP contribution in [0.25, 0.3) is 0 Å². The van der Waals surface area contributed by atoms with Crippen molar-refractivity contribution in [2.75, 3.05) is 60.4 Å². The molecule has 86 valence electrons. The van der Waals surface area contributed by atoms with E-state index in [1.54, 1.807) is 0 Å². The van der Waals surface area contributed by atoms with Crippen LogP contribution < -0.4 is 16.0 Å². The highest BCUT2D eigenvalue weighted by atomic mass is 15.1. The molecular weight excluding hydrogens is 176 g/mol. The average Bonchev–Trinajstić information content (AvgIpc) is 2.20. The molecular formula is C10H26N4. The van der Waals surface area contributed by atoms with Crippen LogP contribution in [0.5, 0.6) is 0 Å². The van der Waals surface area contributed by atoms with E-state index in [1.165, 1.54) is 6.42 Å². The molecule has 3 N–H and O–H groups in total. The van der Waals surface area contributed by atoms with Crippen LogP contribution in [0.1, 0.15) is 6.42 Å². The first kappa shape index (κ1) is 13.8. The number of rotatable bonds is 10. The number of hydrogen-bond acceptors (Lipinski definition) is 4. The fourth-order valence-corrected chi connectivity index (χ4v) is 1.20. The Kier molecular flexibility index (Phi) is 10.8. The Balaban J connectivity index is 3.02. The quantitative estimate of drug-likeness (QED) is 0.411. The van der Waals surface area contributed by atoms with E-state index >= 15 is 0 Å². The molecule has 0 aliphatic heterocycles. The highest BCUT2D eigenvalue weighted by Gasteiger charge is 1.95. The summed E-state index contributed by atoms with van der Waals surface area (Å²) in [5, 5.41) is 9.71. The van der Waals surface area contributed by atoms with E-state index in [4.69, 9.17) is 0 Å². The van der Waals surface area contributed by atoms with Gasteiger partial charge >= 0.3 is 0 Å². The second-order valence-corrected chi connectivity index (χ2v) is 3.61. The average molecular weight is 202 g/mol. The first-order valence-electron chi connectivity index (χ1n) is 5.49. The molecule has 4 heteroatoms. The molecule has 0 aliphatic rings. The molecule has 0 atom stereocenters. The van der Waals surface area contributed by atoms with Gasteiger partial charge in [0.15, 0.2) is 0 Å². The smallest absolute Gasteiger partial charge is 0.0104 e. The van der Waals surface area contributed by atoms with E-state index in [0.717, 1.165) is 39.3 Å². The summed E-state index contributed by atoms with van der Waals surface area (Å²) < 4.78 is 0. The summed E-state index contributed by atoms with van der Waals surface area (Å²) in [6.45, 7) is 6.61. The zero-order valence-corrected chi connectivity index (χ0v) is 9.90. The molecule has 14 heavy (non-hydrogen) atoms. The lowest BCUT2D eigenvalue weighted by atomic mass is 10.4. The van der Waals surface area contributed by atoms with E-state index in [1.807, 2.05) is 14.1 Å². The molecule has 0 amide bonds. The van der Waals surface area contributed by atoms with Crippen LogP contribution >= 0.6 is 0 Å². The maximum absolute atomic E-state index is 3.43. The Morgan fingerprint density at radius 2 is 1.50 bits per heavy atom. The van der Waals surface area contributed by atoms with Gasteiger partial charge in [0.25, 0.3) is 0 Å². The normalized spacial score (nSPS) is 11.1. The van der Waals surface area contributed by atoms with Crippen molar-refractivity contribution < 1.29 is 0 Å². The number of likely N-dealkylation sites (N-methyl/N-ethyl adjacent to an activating group) is 2. The molecule has 0 unspecified atom stereocenters. The van der Waals surface area contributed by atoms with Gasteiger partial charge in [0.2, 0.25) is 0 Å². The van der Waals surface area contributed by atoms with Crippen molar-refractivity contribution in [1.29, 1.82) is 0 Å². The summed E-state index contributed by atoms with van der Waals surface area (Å²) in [6, 6.07) is 0. The summed E-state index contributed by atoms with van der Waals surface area (Å²) in [5.74, 6) is 0. The maximum atomic E-state index is 3.43. The van der Waals surface area contributed by atoms with Crippen molar-refractivity contribution in [3.8, 4) is 0 Å². The third-order valence-electron chi connectivity index (χ3n) is 2.19. The zero-order chi connectivity index (χ0) is 10.6. The second-order valence-electron chi connectivity index (χ2n) is 3.61. The van der Waals surface area contributed by atoms with Crippen LogP contribution in [-0.4, -0.2) is 65.3 Å². The highest BCUT2D eigenvalue weighted by Crippen LogP contribution is 1.79. The lowest BCUT2D eigenvalue weighted by Gasteiger charge is -2.16. The van der Waals surface area contributed by atoms with Crippen molar-refractivity contribution in [2.45, 2.75) is 6.42 Å². The van der Waals surface area contributed by atoms with Gasteiger partial charge in [0.05, 0.1) is 0 Å². The highest BCUT2D eigenvalue weighted by molar-refractivity contribution is 4.56. The van der Waals surface area contributed by atoms with Crippen LogP contribution in [0.3, 0.4) is 0 Å². The minimum Gasteiger partial charge on any atom is -0.320 e. The van der Waals surface area contributed by atoms with Crippen molar-refractivity contribution in [3.63, 3.8) is 0 Å². The van der Waals surface area contributed by atoms with Crippen molar-refractivity contribution >= 4 is 0 Å². The first-order chi connectivity index (χ1) is 6.81. The molecule has 0 radical (unpaired) electrons. The molecule has 0 spiro atoms. The Bertz CT molecular complexity index is 108. The maximum Gasteiger partial charge on any atom is 0.0104 e. The topological polar surface area (TPSA) is 39.3 Å². The molecule has 0 rings (SSSR count). The molecule has 0 aromatic rings. The van der Waals surface area contributed by atoms with E-state index in [-0.39, 0.29) is 0 Å². The predicted molar refractivity (Wildman–Crippen MR) is 62.8 cm³/mol. The molecule has 0 heterocycles. The third-order valence-corrected chi connectivity index (χ3v) is 2.19. The Morgan fingerprint density at radius 3 is 2.14 bits per heavy atom. The zero-order valence-electron chi connectivity index (χ0n) is 9.90. The monoisotopic (exact) mass is 202 g/mol. The van der Waals surface area contributed by atoms with Gasteiger partial charge in [-0.3, -0.25) is 0 Å². The van der Waals surface area contributed by atoms with E-state index in [0.29, 0.717) is 0 Å². The molecule has 4 nitrogen and oxygen atoms in total. The summed E-state index contributed by atoms with van der Waals surface area (Å²) in [5.41, 5.74) is 0. The Hall–Kier alpha value is -0.160. The third kappa shape index (κ3) is 9.92. The molecule has 0 aromatic carbocycles. The summed E-state index contributed by atoms with van der Waals surface area (Å²) in [6.07, 6.45) is 1.21. The predicted octanol–water partition coefficient (Wildman–Crippen LogP) is -0.663. The lowest BCUT2D eigenvalue weighted by Crippen LogP contribution is -2.34. The molecule has 0 fully saturated rings. The fourth-order valence-electron chi connectivity index (χ4n) is 1.20. The van der Waals surface area contributed by atoms with Crippen LogP contribution in [-0.2, 0) is 0 Å². The van der Waals surface area contributed by atoms with Gasteiger partial charge < -0.3 is 20.9 Å². The van der Waals surface area contributed by atoms with E-state index < -0.39 is 0 Å². The SMILES string of the molecule is CNCCCNCCN(C)CCNC. The van der Waals surface area contributed by atoms with Gasteiger partial charge in [-0.25, -0.2) is 0 Å². The van der Waals surface area contributed by atoms with E-state index in [9.17, 15) is 0 Å². The van der Waals surface area contributed by atoms with Crippen LogP contribution in [0, 0.1) is 0 Å². The van der Waals surface area contributed by atoms with Gasteiger partial charge in [-0.2, -0.15) is 0 Å². The minimum atomic E-state index is 1.07. The summed E-state index contributed by atoms with van der Waals surface area (Å²) >= 11 is 0. The summed E-state index contributed by atoms with van der Waals surface area (Å²) in [7, 11) is 6.14. The van der Waals surface area contributed by atoms with E-state index in [2.05, 4.69) is 27.9 Å². The molecule has 0 aromatic heterocycles. The standard InChI is InChI=1S/C10H26N4/c1-11-5-4-6-13-8-10-14(3)9-7-12-2/h11-13H,4-10H2,1-3H3. The largest absolute Gasteiger partial charge is 0.320 e. The van der Waals surface area contributed by atoms with Gasteiger partial charge in [-0.15, -0.1) is 0 Å². The Labute approximate surface area is 88.4 Å². The van der Waals surface area contributed by atoms with Crippen LogP contribution in [0.2, 0.25) is 0 Å². The molecule has 0 bridgehead atoms. The van der Waals surface area contributed by atoms with Crippen LogP contribution in [0.15, 0.2) is 0 Å². The van der Waals surface area contributed by atoms with Gasteiger partial charge in [-0.1, -0.05) is 0 Å². The van der Waals surface area contributed by atoms with Crippen molar-refractivity contribution in [1.82, 2.24) is 20.9 Å². The summed E-state index contributed by atoms with van der Waals surface area (Å²) in [4.78, 5) is 2.33. The number of nitrogens with zero attached hydrogens (tertiary/aromatic N) is 1. The number of hydrogen-bond donors (Lipinski definition) is 3. The van der Waals surface area contributed by atoms with Crippen molar-refractivity contribution in [2.24, 2.45) is 0 Å². The van der Waals surface area contributed by atoms with Crippen LogP contribution in [0.4, 0.5) is 0 Å². The van der Waals surface area contributed by atoms with Crippen molar-refractivity contribution in [3.05, 3.63) is 0 Å². The number of nitrogens with one attached hydrogen (secondary N) is 3. The lowest BCUT2D eigenvalue weighted by molar-refractivity contribution is 0.332. The first-order valence-corrected chi connectivity index (χ1v) is 5.49. The minimum absolute atomic E-state index is 1.07. The molecule has 0 saturated carbocycles. The van der Waals surface area contributed by atoms with Gasteiger partial charge in [0.1, 0.15) is 0 Å². The fraction of sp³-hybridized carbons (Fsp3) is 1.00. The molecule has 0 saturated heterocycles. The molecule has 0 aliphatic carbocycles. The Morgan fingerprint density at radius 1 is 0.857 bits per heavy atom. The van der Waals surface area contributed by atoms with Gasteiger partial charge in [0, 0.05) is 26.2 Å². The second kappa shape index (κ2) is 10.9.